The minimum atomic E-state index is -0.402. The summed E-state index contributed by atoms with van der Waals surface area (Å²) < 4.78 is 5.74. The molecular weight excluding hydrogens is 224 g/mol. The van der Waals surface area contributed by atoms with Gasteiger partial charge in [0.2, 0.25) is 0 Å². The van der Waals surface area contributed by atoms with E-state index in [4.69, 9.17) is 10.5 Å². The van der Waals surface area contributed by atoms with Gasteiger partial charge in [0.05, 0.1) is 17.2 Å². The van der Waals surface area contributed by atoms with E-state index in [-0.39, 0.29) is 6.04 Å². The molecule has 18 heavy (non-hydrogen) atoms. The predicted octanol–water partition coefficient (Wildman–Crippen LogP) is 3.05. The van der Waals surface area contributed by atoms with Gasteiger partial charge < -0.3 is 10.5 Å². The molecule has 0 radical (unpaired) electrons. The van der Waals surface area contributed by atoms with Crippen LogP contribution in [0.5, 0.6) is 0 Å². The van der Waals surface area contributed by atoms with Crippen LogP contribution in [0, 0.1) is 0 Å². The Morgan fingerprint density at radius 1 is 1.28 bits per heavy atom. The van der Waals surface area contributed by atoms with Crippen LogP contribution >= 0.6 is 0 Å². The highest BCUT2D eigenvalue weighted by Gasteiger charge is 2.29. The Morgan fingerprint density at radius 2 is 2.00 bits per heavy atom. The van der Waals surface area contributed by atoms with Crippen LogP contribution in [0.15, 0.2) is 36.5 Å². The summed E-state index contributed by atoms with van der Waals surface area (Å²) in [7, 11) is 0. The fourth-order valence-corrected chi connectivity index (χ4v) is 2.22. The van der Waals surface area contributed by atoms with Crippen LogP contribution in [0.3, 0.4) is 0 Å². The van der Waals surface area contributed by atoms with Gasteiger partial charge in [-0.05, 0) is 32.4 Å². The largest absolute Gasteiger partial charge is 0.374 e. The lowest BCUT2D eigenvalue weighted by Crippen LogP contribution is -2.38. The van der Waals surface area contributed by atoms with Gasteiger partial charge in [0.25, 0.3) is 0 Å². The maximum atomic E-state index is 6.36. The third kappa shape index (κ3) is 2.37. The van der Waals surface area contributed by atoms with Crippen molar-refractivity contribution in [3.8, 4) is 0 Å². The summed E-state index contributed by atoms with van der Waals surface area (Å²) in [6.45, 7) is 6.67. The molecule has 0 fully saturated rings. The summed E-state index contributed by atoms with van der Waals surface area (Å²) in [6.07, 6.45) is 1.80. The Hall–Kier alpha value is -1.45. The number of fused-ring (bicyclic) bond motifs is 1. The van der Waals surface area contributed by atoms with E-state index in [0.717, 1.165) is 16.5 Å². The average molecular weight is 244 g/mol. The minimum Gasteiger partial charge on any atom is -0.374 e. The van der Waals surface area contributed by atoms with Gasteiger partial charge in [-0.15, -0.1) is 0 Å². The molecule has 2 N–H and O–H groups in total. The zero-order valence-corrected chi connectivity index (χ0v) is 11.2. The molecule has 96 valence electrons. The predicted molar refractivity (Wildman–Crippen MR) is 74.4 cm³/mol. The molecule has 0 saturated heterocycles. The van der Waals surface area contributed by atoms with Crippen molar-refractivity contribution in [1.82, 2.24) is 4.98 Å². The van der Waals surface area contributed by atoms with E-state index in [1.165, 1.54) is 0 Å². The molecule has 3 nitrogen and oxygen atoms in total. The van der Waals surface area contributed by atoms with Gasteiger partial charge in [0.1, 0.15) is 0 Å². The minimum absolute atomic E-state index is 0.198. The number of ether oxygens (including phenoxy) is 1. The number of nitrogens with two attached hydrogens (primary N) is 1. The van der Waals surface area contributed by atoms with E-state index in [2.05, 4.69) is 4.98 Å². The van der Waals surface area contributed by atoms with Crippen molar-refractivity contribution in [2.45, 2.75) is 32.4 Å². The number of hydrogen-bond donors (Lipinski definition) is 1. The Kier molecular flexibility index (Phi) is 3.64. The van der Waals surface area contributed by atoms with Gasteiger partial charge in [-0.3, -0.25) is 4.98 Å². The first kappa shape index (κ1) is 13.0. The van der Waals surface area contributed by atoms with E-state index in [1.54, 1.807) is 6.20 Å². The standard InChI is InChI=1S/C15H20N2O/c1-4-18-15(2,3)14(16)12-9-5-7-11-8-6-10-17-13(11)12/h5-10,14H,4,16H2,1-3H3. The van der Waals surface area contributed by atoms with E-state index >= 15 is 0 Å². The zero-order chi connectivity index (χ0) is 13.2. The van der Waals surface area contributed by atoms with Crippen LogP contribution < -0.4 is 5.73 Å². The molecule has 2 rings (SSSR count). The van der Waals surface area contributed by atoms with Crippen molar-refractivity contribution in [2.75, 3.05) is 6.61 Å². The lowest BCUT2D eigenvalue weighted by atomic mass is 9.91. The molecule has 0 aliphatic rings. The van der Waals surface area contributed by atoms with Gasteiger partial charge in [-0.2, -0.15) is 0 Å². The molecule has 1 aromatic carbocycles. The summed E-state index contributed by atoms with van der Waals surface area (Å²) in [5, 5.41) is 1.11. The molecule has 0 spiro atoms. The highest BCUT2D eigenvalue weighted by molar-refractivity contribution is 5.82. The zero-order valence-electron chi connectivity index (χ0n) is 11.2. The molecule has 2 aromatic rings. The molecule has 0 amide bonds. The van der Waals surface area contributed by atoms with Crippen molar-refractivity contribution < 1.29 is 4.74 Å². The Labute approximate surface area is 108 Å². The number of nitrogens with zero attached hydrogens (tertiary/aromatic N) is 1. The molecule has 1 atom stereocenters. The Balaban J connectivity index is 2.48. The highest BCUT2D eigenvalue weighted by atomic mass is 16.5. The monoisotopic (exact) mass is 244 g/mol. The quantitative estimate of drug-likeness (QED) is 0.899. The summed E-state index contributed by atoms with van der Waals surface area (Å²) >= 11 is 0. The second-order valence-electron chi connectivity index (χ2n) is 4.94. The van der Waals surface area contributed by atoms with Gasteiger partial charge in [0, 0.05) is 18.2 Å². The number of pyridine rings is 1. The lowest BCUT2D eigenvalue weighted by Gasteiger charge is -2.32. The number of rotatable bonds is 4. The summed E-state index contributed by atoms with van der Waals surface area (Å²) in [6, 6.07) is 9.88. The second kappa shape index (κ2) is 5.04. The molecule has 1 aromatic heterocycles. The molecule has 0 bridgehead atoms. The summed E-state index contributed by atoms with van der Waals surface area (Å²) in [4.78, 5) is 4.44. The third-order valence-corrected chi connectivity index (χ3v) is 3.26. The van der Waals surface area contributed by atoms with E-state index in [1.807, 2.05) is 51.1 Å². The first-order chi connectivity index (χ1) is 8.56. The fraction of sp³-hybridized carbons (Fsp3) is 0.400. The van der Waals surface area contributed by atoms with Crippen molar-refractivity contribution in [3.63, 3.8) is 0 Å². The van der Waals surface area contributed by atoms with Crippen LogP contribution in [0.2, 0.25) is 0 Å². The maximum absolute atomic E-state index is 6.36. The maximum Gasteiger partial charge on any atom is 0.0818 e. The number of para-hydroxylation sites is 1. The van der Waals surface area contributed by atoms with Crippen LogP contribution in [0.25, 0.3) is 10.9 Å². The third-order valence-electron chi connectivity index (χ3n) is 3.26. The van der Waals surface area contributed by atoms with Gasteiger partial charge in [0.15, 0.2) is 0 Å². The Bertz CT molecular complexity index is 532. The van der Waals surface area contributed by atoms with E-state index in [0.29, 0.717) is 6.61 Å². The van der Waals surface area contributed by atoms with Crippen molar-refractivity contribution in [2.24, 2.45) is 5.73 Å². The highest BCUT2D eigenvalue weighted by Crippen LogP contribution is 2.30. The number of aromatic nitrogens is 1. The molecule has 1 heterocycles. The van der Waals surface area contributed by atoms with Crippen molar-refractivity contribution in [3.05, 3.63) is 42.1 Å². The SMILES string of the molecule is CCOC(C)(C)C(N)c1cccc2cccnc12. The topological polar surface area (TPSA) is 48.1 Å². The molecular formula is C15H20N2O. The molecule has 1 unspecified atom stereocenters. The van der Waals surface area contributed by atoms with Gasteiger partial charge in [-0.25, -0.2) is 0 Å². The number of benzene rings is 1. The first-order valence-corrected chi connectivity index (χ1v) is 6.29. The van der Waals surface area contributed by atoms with E-state index < -0.39 is 5.60 Å². The van der Waals surface area contributed by atoms with Gasteiger partial charge >= 0.3 is 0 Å². The molecule has 0 aliphatic carbocycles. The summed E-state index contributed by atoms with van der Waals surface area (Å²) in [5.74, 6) is 0. The molecule has 3 heteroatoms. The Morgan fingerprint density at radius 3 is 2.72 bits per heavy atom. The number of hydrogen-bond acceptors (Lipinski definition) is 3. The van der Waals surface area contributed by atoms with E-state index in [9.17, 15) is 0 Å². The van der Waals surface area contributed by atoms with Crippen LogP contribution in [-0.2, 0) is 4.74 Å². The first-order valence-electron chi connectivity index (χ1n) is 6.29. The van der Waals surface area contributed by atoms with Crippen LogP contribution in [0.1, 0.15) is 32.4 Å². The van der Waals surface area contributed by atoms with Crippen molar-refractivity contribution in [1.29, 1.82) is 0 Å². The fourth-order valence-electron chi connectivity index (χ4n) is 2.22. The smallest absolute Gasteiger partial charge is 0.0818 e. The van der Waals surface area contributed by atoms with Crippen LogP contribution in [-0.4, -0.2) is 17.2 Å². The second-order valence-corrected chi connectivity index (χ2v) is 4.94. The summed E-state index contributed by atoms with van der Waals surface area (Å²) in [5.41, 5.74) is 7.95. The average Bonchev–Trinajstić information content (AvgIpc) is 2.37. The molecule has 0 aliphatic heterocycles. The molecule has 0 saturated carbocycles. The lowest BCUT2D eigenvalue weighted by molar-refractivity contribution is -0.0295. The normalized spacial score (nSPS) is 13.8. The van der Waals surface area contributed by atoms with Crippen molar-refractivity contribution >= 4 is 10.9 Å². The van der Waals surface area contributed by atoms with Crippen LogP contribution in [0.4, 0.5) is 0 Å². The van der Waals surface area contributed by atoms with Gasteiger partial charge in [-0.1, -0.05) is 24.3 Å².